The van der Waals surface area contributed by atoms with E-state index in [2.05, 4.69) is 10.3 Å². The van der Waals surface area contributed by atoms with Crippen LogP contribution in [0.25, 0.3) is 0 Å². The van der Waals surface area contributed by atoms with Crippen LogP contribution in [-0.2, 0) is 11.3 Å². The van der Waals surface area contributed by atoms with Crippen LogP contribution in [-0.4, -0.2) is 25.1 Å². The number of methoxy groups -OCH3 is 2. The number of thiazole rings is 1. The van der Waals surface area contributed by atoms with E-state index < -0.39 is 11.9 Å². The van der Waals surface area contributed by atoms with E-state index in [-0.39, 0.29) is 5.91 Å². The Kier molecular flexibility index (Phi) is 5.46. The van der Waals surface area contributed by atoms with Gasteiger partial charge in [0.05, 0.1) is 25.3 Å². The number of nitrogens with one attached hydrogen (secondary N) is 1. The van der Waals surface area contributed by atoms with Crippen LogP contribution in [0.1, 0.15) is 34.0 Å². The Morgan fingerprint density at radius 2 is 2.23 bits per heavy atom. The van der Waals surface area contributed by atoms with Crippen LogP contribution in [0.3, 0.4) is 0 Å². The molecule has 22 heavy (non-hydrogen) atoms. The molecule has 0 bridgehead atoms. The zero-order chi connectivity index (χ0) is 16.1. The summed E-state index contributed by atoms with van der Waals surface area (Å²) in [5, 5.41) is 5.09. The van der Waals surface area contributed by atoms with E-state index in [0.717, 1.165) is 0 Å². The molecule has 0 aliphatic heterocycles. The van der Waals surface area contributed by atoms with Crippen LogP contribution >= 0.6 is 11.3 Å². The second-order valence-corrected chi connectivity index (χ2v) is 5.55. The van der Waals surface area contributed by atoms with Crippen molar-refractivity contribution in [3.8, 4) is 5.75 Å². The number of hydrogen-bond acceptors (Lipinski definition) is 5. The fourth-order valence-corrected chi connectivity index (χ4v) is 2.81. The second kappa shape index (κ2) is 7.33. The summed E-state index contributed by atoms with van der Waals surface area (Å²) in [7, 11) is 3.03. The van der Waals surface area contributed by atoms with Crippen molar-refractivity contribution in [3.63, 3.8) is 0 Å². The largest absolute Gasteiger partial charge is 0.496 e. The molecule has 1 amide bonds. The van der Waals surface area contributed by atoms with E-state index in [0.29, 0.717) is 28.6 Å². The summed E-state index contributed by atoms with van der Waals surface area (Å²) in [5.41, 5.74) is 0.602. The lowest BCUT2D eigenvalue weighted by atomic mass is 10.1. The number of rotatable bonds is 6. The SMILES string of the molecule is COCc1nc(C(=O)NC(C)c2c(F)cccc2OC)cs1. The second-order valence-electron chi connectivity index (χ2n) is 4.61. The third-order valence-corrected chi connectivity index (χ3v) is 3.89. The van der Waals surface area contributed by atoms with Gasteiger partial charge in [-0.1, -0.05) is 6.07 Å². The number of amides is 1. The summed E-state index contributed by atoms with van der Waals surface area (Å²) >= 11 is 1.34. The fourth-order valence-electron chi connectivity index (χ4n) is 2.06. The Hall–Kier alpha value is -1.99. The van der Waals surface area contributed by atoms with Gasteiger partial charge in [0.25, 0.3) is 5.91 Å². The molecule has 7 heteroatoms. The number of hydrogen-bond donors (Lipinski definition) is 1. The summed E-state index contributed by atoms with van der Waals surface area (Å²) in [6, 6.07) is 4.00. The Labute approximate surface area is 132 Å². The lowest BCUT2D eigenvalue weighted by molar-refractivity contribution is 0.0934. The van der Waals surface area contributed by atoms with Gasteiger partial charge >= 0.3 is 0 Å². The van der Waals surface area contributed by atoms with Crippen molar-refractivity contribution in [2.45, 2.75) is 19.6 Å². The van der Waals surface area contributed by atoms with E-state index in [4.69, 9.17) is 9.47 Å². The molecule has 0 fully saturated rings. The highest BCUT2D eigenvalue weighted by molar-refractivity contribution is 7.09. The van der Waals surface area contributed by atoms with Crippen molar-refractivity contribution in [1.82, 2.24) is 10.3 Å². The van der Waals surface area contributed by atoms with Crippen molar-refractivity contribution < 1.29 is 18.7 Å². The van der Waals surface area contributed by atoms with Crippen LogP contribution in [0, 0.1) is 5.82 Å². The average molecular weight is 324 g/mol. The highest BCUT2D eigenvalue weighted by atomic mass is 32.1. The van der Waals surface area contributed by atoms with E-state index in [1.807, 2.05) is 0 Å². The summed E-state index contributed by atoms with van der Waals surface area (Å²) in [5.74, 6) is -0.395. The predicted octanol–water partition coefficient (Wildman–Crippen LogP) is 2.93. The first kappa shape index (κ1) is 16.4. The summed E-state index contributed by atoms with van der Waals surface area (Å²) in [6.45, 7) is 2.05. The van der Waals surface area contributed by atoms with Crippen molar-refractivity contribution in [2.75, 3.05) is 14.2 Å². The van der Waals surface area contributed by atoms with E-state index in [9.17, 15) is 9.18 Å². The first-order valence-corrected chi connectivity index (χ1v) is 7.51. The first-order chi connectivity index (χ1) is 10.6. The van der Waals surface area contributed by atoms with Gasteiger partial charge < -0.3 is 14.8 Å². The van der Waals surface area contributed by atoms with Gasteiger partial charge in [-0.3, -0.25) is 4.79 Å². The van der Waals surface area contributed by atoms with Gasteiger partial charge in [-0.15, -0.1) is 11.3 Å². The normalized spacial score (nSPS) is 12.0. The molecule has 1 atom stereocenters. The number of nitrogens with zero attached hydrogens (tertiary/aromatic N) is 1. The van der Waals surface area contributed by atoms with Crippen LogP contribution in [0.4, 0.5) is 4.39 Å². The van der Waals surface area contributed by atoms with Gasteiger partial charge in [-0.25, -0.2) is 9.37 Å². The minimum absolute atomic E-state index is 0.291. The Morgan fingerprint density at radius 1 is 1.45 bits per heavy atom. The standard InChI is InChI=1S/C15H17FN2O3S/c1-9(14-10(16)5-4-6-12(14)21-3)17-15(19)11-8-22-13(18-11)7-20-2/h4-6,8-9H,7H2,1-3H3,(H,17,19). The maximum Gasteiger partial charge on any atom is 0.271 e. The van der Waals surface area contributed by atoms with Crippen molar-refractivity contribution in [2.24, 2.45) is 0 Å². The number of carbonyl (C=O) groups is 1. The minimum Gasteiger partial charge on any atom is -0.496 e. The molecule has 1 aromatic heterocycles. The van der Waals surface area contributed by atoms with Gasteiger partial charge in [0, 0.05) is 12.5 Å². The fraction of sp³-hybridized carbons (Fsp3) is 0.333. The van der Waals surface area contributed by atoms with Gasteiger partial charge in [-0.05, 0) is 19.1 Å². The molecule has 2 aromatic rings. The van der Waals surface area contributed by atoms with Crippen LogP contribution in [0.2, 0.25) is 0 Å². The van der Waals surface area contributed by atoms with Crippen molar-refractivity contribution >= 4 is 17.2 Å². The monoisotopic (exact) mass is 324 g/mol. The molecule has 0 saturated carbocycles. The lowest BCUT2D eigenvalue weighted by Gasteiger charge is -2.17. The quantitative estimate of drug-likeness (QED) is 0.887. The molecule has 1 heterocycles. The zero-order valence-corrected chi connectivity index (χ0v) is 13.4. The van der Waals surface area contributed by atoms with Gasteiger partial charge in [0.2, 0.25) is 0 Å². The molecule has 1 unspecified atom stereocenters. The molecule has 1 aromatic carbocycles. The third-order valence-electron chi connectivity index (χ3n) is 3.07. The molecule has 0 spiro atoms. The molecule has 118 valence electrons. The molecule has 0 aliphatic rings. The summed E-state index contributed by atoms with van der Waals surface area (Å²) < 4.78 is 24.1. The number of ether oxygens (including phenoxy) is 2. The highest BCUT2D eigenvalue weighted by Gasteiger charge is 2.20. The van der Waals surface area contributed by atoms with Gasteiger partial charge in [0.1, 0.15) is 22.3 Å². The van der Waals surface area contributed by atoms with Gasteiger partial charge in [-0.2, -0.15) is 0 Å². The molecule has 2 rings (SSSR count). The number of benzene rings is 1. The number of halogens is 1. The maximum absolute atomic E-state index is 14.0. The van der Waals surface area contributed by atoms with E-state index in [1.165, 1.54) is 24.5 Å². The molecular formula is C15H17FN2O3S. The maximum atomic E-state index is 14.0. The van der Waals surface area contributed by atoms with Crippen LogP contribution in [0.5, 0.6) is 5.75 Å². The zero-order valence-electron chi connectivity index (χ0n) is 12.6. The average Bonchev–Trinajstić information content (AvgIpc) is 2.95. The smallest absolute Gasteiger partial charge is 0.271 e. The van der Waals surface area contributed by atoms with E-state index in [1.54, 1.807) is 31.5 Å². The van der Waals surface area contributed by atoms with Crippen molar-refractivity contribution in [3.05, 3.63) is 45.7 Å². The molecule has 0 saturated heterocycles. The summed E-state index contributed by atoms with van der Waals surface area (Å²) in [4.78, 5) is 16.4. The third kappa shape index (κ3) is 3.61. The molecule has 0 aliphatic carbocycles. The van der Waals surface area contributed by atoms with Crippen molar-refractivity contribution in [1.29, 1.82) is 0 Å². The molecule has 0 radical (unpaired) electrons. The number of carbonyl (C=O) groups excluding carboxylic acids is 1. The Balaban J connectivity index is 2.14. The minimum atomic E-state index is -0.545. The molecular weight excluding hydrogens is 307 g/mol. The number of aromatic nitrogens is 1. The van der Waals surface area contributed by atoms with Gasteiger partial charge in [0.15, 0.2) is 0 Å². The van der Waals surface area contributed by atoms with Crippen LogP contribution in [0.15, 0.2) is 23.6 Å². The van der Waals surface area contributed by atoms with E-state index >= 15 is 0 Å². The summed E-state index contributed by atoms with van der Waals surface area (Å²) in [6.07, 6.45) is 0. The molecule has 5 nitrogen and oxygen atoms in total. The predicted molar refractivity (Wildman–Crippen MR) is 81.7 cm³/mol. The Morgan fingerprint density at radius 3 is 2.91 bits per heavy atom. The Bertz CT molecular complexity index is 660. The lowest BCUT2D eigenvalue weighted by Crippen LogP contribution is -2.28. The van der Waals surface area contributed by atoms with Crippen LogP contribution < -0.4 is 10.1 Å². The topological polar surface area (TPSA) is 60.5 Å². The first-order valence-electron chi connectivity index (χ1n) is 6.63. The molecule has 1 N–H and O–H groups in total. The highest BCUT2D eigenvalue weighted by Crippen LogP contribution is 2.27.